The molecule has 2 nitrogen and oxygen atoms in total. The van der Waals surface area contributed by atoms with E-state index in [9.17, 15) is 0 Å². The maximum Gasteiger partial charge on any atom is 0.0243 e. The second kappa shape index (κ2) is 6.49. The fraction of sp³-hybridized carbons (Fsp3) is 1.00. The third kappa shape index (κ3) is 4.52. The van der Waals surface area contributed by atoms with Gasteiger partial charge < -0.3 is 5.32 Å². The molecule has 1 heterocycles. The lowest BCUT2D eigenvalue weighted by Gasteiger charge is -2.37. The Balaban J connectivity index is 2.41. The van der Waals surface area contributed by atoms with Crippen LogP contribution in [0.1, 0.15) is 47.0 Å². The largest absolute Gasteiger partial charge is 0.313 e. The van der Waals surface area contributed by atoms with E-state index >= 15 is 0 Å². The van der Waals surface area contributed by atoms with E-state index in [0.717, 1.165) is 18.5 Å². The minimum Gasteiger partial charge on any atom is -0.313 e. The average molecular weight is 212 g/mol. The van der Waals surface area contributed by atoms with Crippen LogP contribution in [0.4, 0.5) is 0 Å². The van der Waals surface area contributed by atoms with E-state index < -0.39 is 0 Å². The van der Waals surface area contributed by atoms with Crippen molar-refractivity contribution in [3.05, 3.63) is 0 Å². The Morgan fingerprint density at radius 1 is 1.00 bits per heavy atom. The lowest BCUT2D eigenvalue weighted by molar-refractivity contribution is 0.124. The van der Waals surface area contributed by atoms with Crippen LogP contribution in [0.15, 0.2) is 0 Å². The monoisotopic (exact) mass is 212 g/mol. The molecule has 1 atom stereocenters. The Morgan fingerprint density at radius 3 is 2.07 bits per heavy atom. The van der Waals surface area contributed by atoms with Gasteiger partial charge in [-0.25, -0.2) is 0 Å². The predicted octanol–water partition coefficient (Wildman–Crippen LogP) is 2.49. The third-order valence-corrected chi connectivity index (χ3v) is 3.36. The van der Waals surface area contributed by atoms with Crippen molar-refractivity contribution in [1.82, 2.24) is 10.2 Å². The minimum absolute atomic E-state index is 0.607. The summed E-state index contributed by atoms with van der Waals surface area (Å²) < 4.78 is 0. The molecule has 0 radical (unpaired) electrons. The Kier molecular flexibility index (Phi) is 5.62. The fourth-order valence-corrected chi connectivity index (χ4v) is 2.39. The molecule has 0 aromatic rings. The molecule has 15 heavy (non-hydrogen) atoms. The maximum absolute atomic E-state index is 3.58. The molecular weight excluding hydrogens is 184 g/mol. The van der Waals surface area contributed by atoms with Crippen LogP contribution in [-0.4, -0.2) is 36.6 Å². The Bertz CT molecular complexity index is 160. The van der Waals surface area contributed by atoms with Crippen LogP contribution >= 0.6 is 0 Å². The number of hydrogen-bond acceptors (Lipinski definition) is 2. The number of hydrogen-bond donors (Lipinski definition) is 1. The van der Waals surface area contributed by atoms with Crippen LogP contribution in [0.3, 0.4) is 0 Å². The SMILES string of the molecule is CC(C)NCC(C(C)C)N1CCCCC1. The number of piperidine rings is 1. The zero-order valence-corrected chi connectivity index (χ0v) is 10.9. The van der Waals surface area contributed by atoms with Crippen molar-refractivity contribution in [2.24, 2.45) is 5.92 Å². The van der Waals surface area contributed by atoms with E-state index in [0.29, 0.717) is 6.04 Å². The summed E-state index contributed by atoms with van der Waals surface area (Å²) in [4.78, 5) is 2.68. The molecule has 1 unspecified atom stereocenters. The summed E-state index contributed by atoms with van der Waals surface area (Å²) in [6.45, 7) is 12.9. The van der Waals surface area contributed by atoms with Crippen molar-refractivity contribution >= 4 is 0 Å². The van der Waals surface area contributed by atoms with Gasteiger partial charge in [-0.15, -0.1) is 0 Å². The van der Waals surface area contributed by atoms with Crippen LogP contribution in [0.2, 0.25) is 0 Å². The van der Waals surface area contributed by atoms with Gasteiger partial charge in [-0.1, -0.05) is 34.1 Å². The standard InChI is InChI=1S/C13H28N2/c1-11(2)13(10-14-12(3)4)15-8-6-5-7-9-15/h11-14H,5-10H2,1-4H3. The number of nitrogens with zero attached hydrogens (tertiary/aromatic N) is 1. The van der Waals surface area contributed by atoms with E-state index in [-0.39, 0.29) is 0 Å². The average Bonchev–Trinajstić information content (AvgIpc) is 2.18. The van der Waals surface area contributed by atoms with Crippen LogP contribution in [-0.2, 0) is 0 Å². The highest BCUT2D eigenvalue weighted by Crippen LogP contribution is 2.17. The van der Waals surface area contributed by atoms with Gasteiger partial charge in [0.2, 0.25) is 0 Å². The van der Waals surface area contributed by atoms with Crippen molar-refractivity contribution in [2.45, 2.75) is 59.0 Å². The molecule has 90 valence electrons. The number of likely N-dealkylation sites (tertiary alicyclic amines) is 1. The van der Waals surface area contributed by atoms with Gasteiger partial charge in [0.15, 0.2) is 0 Å². The Morgan fingerprint density at radius 2 is 1.60 bits per heavy atom. The smallest absolute Gasteiger partial charge is 0.0243 e. The fourth-order valence-electron chi connectivity index (χ4n) is 2.39. The lowest BCUT2D eigenvalue weighted by Crippen LogP contribution is -2.48. The highest BCUT2D eigenvalue weighted by atomic mass is 15.2. The van der Waals surface area contributed by atoms with Crippen molar-refractivity contribution in [3.63, 3.8) is 0 Å². The van der Waals surface area contributed by atoms with Crippen molar-refractivity contribution in [3.8, 4) is 0 Å². The topological polar surface area (TPSA) is 15.3 Å². The molecule has 1 fully saturated rings. The highest BCUT2D eigenvalue weighted by molar-refractivity contribution is 4.80. The van der Waals surface area contributed by atoms with Gasteiger partial charge in [-0.3, -0.25) is 4.90 Å². The zero-order valence-electron chi connectivity index (χ0n) is 10.9. The molecule has 1 aliphatic heterocycles. The van der Waals surface area contributed by atoms with Crippen LogP contribution < -0.4 is 5.32 Å². The summed E-state index contributed by atoms with van der Waals surface area (Å²) in [5, 5.41) is 3.58. The van der Waals surface area contributed by atoms with E-state index in [1.54, 1.807) is 0 Å². The molecule has 0 saturated carbocycles. The molecule has 2 heteroatoms. The predicted molar refractivity (Wildman–Crippen MR) is 67.2 cm³/mol. The van der Waals surface area contributed by atoms with Gasteiger partial charge in [0.1, 0.15) is 0 Å². The summed E-state index contributed by atoms with van der Waals surface area (Å²) in [6.07, 6.45) is 4.22. The molecule has 1 aliphatic rings. The van der Waals surface area contributed by atoms with Gasteiger partial charge in [0.25, 0.3) is 0 Å². The summed E-state index contributed by atoms with van der Waals surface area (Å²) in [7, 11) is 0. The van der Waals surface area contributed by atoms with Gasteiger partial charge >= 0.3 is 0 Å². The molecule has 0 aliphatic carbocycles. The molecule has 0 bridgehead atoms. The third-order valence-electron chi connectivity index (χ3n) is 3.36. The first-order valence-electron chi connectivity index (χ1n) is 6.58. The molecule has 1 saturated heterocycles. The quantitative estimate of drug-likeness (QED) is 0.753. The van der Waals surface area contributed by atoms with E-state index in [1.165, 1.54) is 32.4 Å². The summed E-state index contributed by atoms with van der Waals surface area (Å²) in [6, 6.07) is 1.34. The van der Waals surface area contributed by atoms with Crippen molar-refractivity contribution in [2.75, 3.05) is 19.6 Å². The molecule has 0 spiro atoms. The highest BCUT2D eigenvalue weighted by Gasteiger charge is 2.22. The number of rotatable bonds is 5. The second-order valence-corrected chi connectivity index (χ2v) is 5.47. The molecule has 1 rings (SSSR count). The molecule has 1 N–H and O–H groups in total. The summed E-state index contributed by atoms with van der Waals surface area (Å²) >= 11 is 0. The van der Waals surface area contributed by atoms with Crippen LogP contribution in [0.5, 0.6) is 0 Å². The van der Waals surface area contributed by atoms with Crippen LogP contribution in [0, 0.1) is 5.92 Å². The molecule has 0 amide bonds. The van der Waals surface area contributed by atoms with Crippen LogP contribution in [0.25, 0.3) is 0 Å². The second-order valence-electron chi connectivity index (χ2n) is 5.47. The number of nitrogens with one attached hydrogen (secondary N) is 1. The van der Waals surface area contributed by atoms with Gasteiger partial charge in [-0.05, 0) is 31.8 Å². The summed E-state index contributed by atoms with van der Waals surface area (Å²) in [5.41, 5.74) is 0. The van der Waals surface area contributed by atoms with E-state index in [4.69, 9.17) is 0 Å². The molecule has 0 aromatic heterocycles. The molecular formula is C13H28N2. The normalized spacial score (nSPS) is 21.2. The minimum atomic E-state index is 0.607. The zero-order chi connectivity index (χ0) is 11.3. The van der Waals surface area contributed by atoms with Gasteiger partial charge in [0, 0.05) is 18.6 Å². The maximum atomic E-state index is 3.58. The van der Waals surface area contributed by atoms with Gasteiger partial charge in [-0.2, -0.15) is 0 Å². The van der Waals surface area contributed by atoms with E-state index in [1.807, 2.05) is 0 Å². The van der Waals surface area contributed by atoms with Crippen molar-refractivity contribution < 1.29 is 0 Å². The Labute approximate surface area is 95.4 Å². The first kappa shape index (κ1) is 13.0. The van der Waals surface area contributed by atoms with E-state index in [2.05, 4.69) is 37.9 Å². The molecule has 0 aromatic carbocycles. The summed E-state index contributed by atoms with van der Waals surface area (Å²) in [5.74, 6) is 0.759. The Hall–Kier alpha value is -0.0800. The lowest BCUT2D eigenvalue weighted by atomic mass is 9.99. The van der Waals surface area contributed by atoms with Gasteiger partial charge in [0.05, 0.1) is 0 Å². The van der Waals surface area contributed by atoms with Crippen molar-refractivity contribution in [1.29, 1.82) is 0 Å². The first-order chi connectivity index (χ1) is 7.11. The first-order valence-corrected chi connectivity index (χ1v) is 6.58.